The van der Waals surface area contributed by atoms with Crippen LogP contribution in [0.1, 0.15) is 39.0 Å². The lowest BCUT2D eigenvalue weighted by molar-refractivity contribution is -0.0266. The van der Waals surface area contributed by atoms with Crippen molar-refractivity contribution in [2.45, 2.75) is 45.1 Å². The molecule has 1 heterocycles. The lowest BCUT2D eigenvalue weighted by atomic mass is 9.73. The van der Waals surface area contributed by atoms with Crippen molar-refractivity contribution >= 4 is 0 Å². The van der Waals surface area contributed by atoms with E-state index in [-0.39, 0.29) is 0 Å². The predicted molar refractivity (Wildman–Crippen MR) is 71.3 cm³/mol. The Morgan fingerprint density at radius 2 is 2.06 bits per heavy atom. The van der Waals surface area contributed by atoms with E-state index in [1.165, 1.54) is 45.2 Å². The fourth-order valence-electron chi connectivity index (χ4n) is 3.49. The third kappa shape index (κ3) is 3.43. The van der Waals surface area contributed by atoms with Gasteiger partial charge >= 0.3 is 0 Å². The van der Waals surface area contributed by atoms with E-state index >= 15 is 0 Å². The average molecular weight is 240 g/mol. The van der Waals surface area contributed by atoms with Gasteiger partial charge < -0.3 is 10.1 Å². The molecule has 0 bridgehead atoms. The number of rotatable bonds is 4. The van der Waals surface area contributed by atoms with Gasteiger partial charge in [0.1, 0.15) is 0 Å². The van der Waals surface area contributed by atoms with Crippen LogP contribution in [-0.2, 0) is 4.74 Å². The maximum atomic E-state index is 5.54. The number of nitrogens with zero attached hydrogens (tertiary/aromatic N) is 1. The van der Waals surface area contributed by atoms with Crippen LogP contribution in [0.5, 0.6) is 0 Å². The molecular weight excluding hydrogens is 212 g/mol. The van der Waals surface area contributed by atoms with Gasteiger partial charge in [-0.3, -0.25) is 4.90 Å². The zero-order valence-electron chi connectivity index (χ0n) is 11.5. The van der Waals surface area contributed by atoms with E-state index < -0.39 is 0 Å². The summed E-state index contributed by atoms with van der Waals surface area (Å²) in [7, 11) is 2.10. The van der Waals surface area contributed by atoms with Crippen molar-refractivity contribution < 1.29 is 4.74 Å². The molecule has 2 fully saturated rings. The summed E-state index contributed by atoms with van der Waals surface area (Å²) in [6.45, 7) is 7.69. The van der Waals surface area contributed by atoms with Crippen molar-refractivity contribution in [1.29, 1.82) is 0 Å². The third-order valence-electron chi connectivity index (χ3n) is 4.51. The van der Waals surface area contributed by atoms with Crippen LogP contribution in [0.2, 0.25) is 0 Å². The van der Waals surface area contributed by atoms with Gasteiger partial charge in [0.15, 0.2) is 0 Å². The lowest BCUT2D eigenvalue weighted by Gasteiger charge is -2.44. The Bertz CT molecular complexity index is 221. The van der Waals surface area contributed by atoms with Crippen molar-refractivity contribution in [3.05, 3.63) is 0 Å². The summed E-state index contributed by atoms with van der Waals surface area (Å²) in [6, 6.07) is 0.597. The second kappa shape index (κ2) is 6.17. The molecule has 2 rings (SSSR count). The highest BCUT2D eigenvalue weighted by molar-refractivity contribution is 4.89. The number of hydrogen-bond donors (Lipinski definition) is 1. The molecule has 1 aliphatic carbocycles. The quantitative estimate of drug-likeness (QED) is 0.812. The van der Waals surface area contributed by atoms with Crippen LogP contribution in [0.25, 0.3) is 0 Å². The smallest absolute Gasteiger partial charge is 0.0619 e. The zero-order valence-corrected chi connectivity index (χ0v) is 11.5. The van der Waals surface area contributed by atoms with Crippen molar-refractivity contribution in [2.75, 3.05) is 39.9 Å². The van der Waals surface area contributed by atoms with E-state index in [4.69, 9.17) is 4.74 Å². The molecule has 2 aliphatic rings. The highest BCUT2D eigenvalue weighted by Crippen LogP contribution is 2.37. The molecule has 1 saturated carbocycles. The average Bonchev–Trinajstić information content (AvgIpc) is 2.34. The second-order valence-electron chi connectivity index (χ2n) is 5.99. The molecule has 1 saturated heterocycles. The Kier molecular flexibility index (Phi) is 4.83. The number of ether oxygens (including phenoxy) is 1. The molecule has 1 N–H and O–H groups in total. The summed E-state index contributed by atoms with van der Waals surface area (Å²) in [5, 5.41) is 3.42. The van der Waals surface area contributed by atoms with Crippen LogP contribution in [0.3, 0.4) is 0 Å². The van der Waals surface area contributed by atoms with Gasteiger partial charge in [-0.2, -0.15) is 0 Å². The molecule has 0 amide bonds. The summed E-state index contributed by atoms with van der Waals surface area (Å²) >= 11 is 0. The van der Waals surface area contributed by atoms with Gasteiger partial charge in [0.2, 0.25) is 0 Å². The maximum Gasteiger partial charge on any atom is 0.0619 e. The number of morpholine rings is 1. The normalized spacial score (nSPS) is 30.4. The van der Waals surface area contributed by atoms with Gasteiger partial charge in [-0.05, 0) is 32.2 Å². The summed E-state index contributed by atoms with van der Waals surface area (Å²) in [5.41, 5.74) is 0.526. The van der Waals surface area contributed by atoms with Crippen LogP contribution in [0.4, 0.5) is 0 Å². The summed E-state index contributed by atoms with van der Waals surface area (Å²) in [5.74, 6) is 0. The Morgan fingerprint density at radius 3 is 2.71 bits per heavy atom. The highest BCUT2D eigenvalue weighted by atomic mass is 16.5. The summed E-state index contributed by atoms with van der Waals surface area (Å²) in [6.07, 6.45) is 7.07. The standard InChI is InChI=1S/C14H28N2O/c1-13-10-17-9-8-16(13)12-14(11-15-2)6-4-3-5-7-14/h13,15H,3-12H2,1-2H3. The van der Waals surface area contributed by atoms with Gasteiger partial charge in [-0.1, -0.05) is 19.3 Å². The Balaban J connectivity index is 1.95. The molecular formula is C14H28N2O. The topological polar surface area (TPSA) is 24.5 Å². The minimum Gasteiger partial charge on any atom is -0.379 e. The first kappa shape index (κ1) is 13.3. The first-order valence-electron chi connectivity index (χ1n) is 7.22. The molecule has 0 aromatic rings. The molecule has 3 heteroatoms. The van der Waals surface area contributed by atoms with E-state index in [0.717, 1.165) is 19.8 Å². The van der Waals surface area contributed by atoms with Crippen LogP contribution in [0.15, 0.2) is 0 Å². The highest BCUT2D eigenvalue weighted by Gasteiger charge is 2.35. The molecule has 1 unspecified atom stereocenters. The van der Waals surface area contributed by atoms with Gasteiger partial charge in [-0.15, -0.1) is 0 Å². The van der Waals surface area contributed by atoms with E-state index in [1.807, 2.05) is 0 Å². The molecule has 3 nitrogen and oxygen atoms in total. The molecule has 1 atom stereocenters. The van der Waals surface area contributed by atoms with Gasteiger partial charge in [0.25, 0.3) is 0 Å². The first-order valence-corrected chi connectivity index (χ1v) is 7.22. The Labute approximate surface area is 106 Å². The van der Waals surface area contributed by atoms with E-state index in [9.17, 15) is 0 Å². The van der Waals surface area contributed by atoms with Crippen LogP contribution >= 0.6 is 0 Å². The molecule has 17 heavy (non-hydrogen) atoms. The maximum absolute atomic E-state index is 5.54. The van der Waals surface area contributed by atoms with Crippen molar-refractivity contribution in [3.63, 3.8) is 0 Å². The number of hydrogen-bond acceptors (Lipinski definition) is 3. The molecule has 0 aromatic carbocycles. The fourth-order valence-corrected chi connectivity index (χ4v) is 3.49. The van der Waals surface area contributed by atoms with Gasteiger partial charge in [0, 0.05) is 25.7 Å². The molecule has 0 radical (unpaired) electrons. The fraction of sp³-hybridized carbons (Fsp3) is 1.00. The summed E-state index contributed by atoms with van der Waals surface area (Å²) < 4.78 is 5.54. The van der Waals surface area contributed by atoms with E-state index in [0.29, 0.717) is 11.5 Å². The predicted octanol–water partition coefficient (Wildman–Crippen LogP) is 1.88. The third-order valence-corrected chi connectivity index (χ3v) is 4.51. The van der Waals surface area contributed by atoms with Crippen LogP contribution < -0.4 is 5.32 Å². The van der Waals surface area contributed by atoms with Crippen LogP contribution in [0, 0.1) is 5.41 Å². The molecule has 0 aromatic heterocycles. The molecule has 1 aliphatic heterocycles. The van der Waals surface area contributed by atoms with E-state index in [2.05, 4.69) is 24.2 Å². The largest absolute Gasteiger partial charge is 0.379 e. The van der Waals surface area contributed by atoms with Crippen molar-refractivity contribution in [1.82, 2.24) is 10.2 Å². The molecule has 0 spiro atoms. The second-order valence-corrected chi connectivity index (χ2v) is 5.99. The van der Waals surface area contributed by atoms with Crippen LogP contribution in [-0.4, -0.2) is 50.8 Å². The Hall–Kier alpha value is -0.120. The number of nitrogens with one attached hydrogen (secondary N) is 1. The first-order chi connectivity index (χ1) is 8.26. The van der Waals surface area contributed by atoms with Crippen molar-refractivity contribution in [2.24, 2.45) is 5.41 Å². The zero-order chi connectivity index (χ0) is 12.1. The molecule has 100 valence electrons. The monoisotopic (exact) mass is 240 g/mol. The van der Waals surface area contributed by atoms with Gasteiger partial charge in [0.05, 0.1) is 13.2 Å². The lowest BCUT2D eigenvalue weighted by Crippen LogP contribution is -2.51. The minimum atomic E-state index is 0.526. The van der Waals surface area contributed by atoms with E-state index in [1.54, 1.807) is 0 Å². The van der Waals surface area contributed by atoms with Gasteiger partial charge in [-0.25, -0.2) is 0 Å². The van der Waals surface area contributed by atoms with Crippen molar-refractivity contribution in [3.8, 4) is 0 Å². The Morgan fingerprint density at radius 1 is 1.29 bits per heavy atom. The SMILES string of the molecule is CNCC1(CN2CCOCC2C)CCCCC1. The minimum absolute atomic E-state index is 0.526. The summed E-state index contributed by atoms with van der Waals surface area (Å²) in [4.78, 5) is 2.64.